The molecule has 0 bridgehead atoms. The standard InChI is InChI=1S/C25H28N4O8S2/c1-4-38(32,33)36-20-13-9-18(10-14-20)26-24(30)28-22-7-6-8-23(17(22)3)29-25(31)27-19-11-15-21(16-12-19)37-39(34,35)5-2/h6-16H,4-5H2,1-3H3,(H2,26,28,30)(H2,27,29,31). The maximum atomic E-state index is 12.5. The molecule has 0 spiro atoms. The zero-order chi connectivity index (χ0) is 28.6. The lowest BCUT2D eigenvalue weighted by molar-refractivity contribution is 0.261. The summed E-state index contributed by atoms with van der Waals surface area (Å²) in [5, 5.41) is 10.7. The minimum Gasteiger partial charge on any atom is -0.382 e. The van der Waals surface area contributed by atoms with Gasteiger partial charge in [-0.2, -0.15) is 16.8 Å². The van der Waals surface area contributed by atoms with E-state index in [2.05, 4.69) is 21.3 Å². The number of carbonyl (C=O) groups is 2. The van der Waals surface area contributed by atoms with Crippen molar-refractivity contribution in [3.63, 3.8) is 0 Å². The predicted molar refractivity (Wildman–Crippen MR) is 150 cm³/mol. The average molecular weight is 577 g/mol. The second kappa shape index (κ2) is 12.5. The molecule has 0 aliphatic heterocycles. The highest BCUT2D eigenvalue weighted by molar-refractivity contribution is 7.87. The molecular weight excluding hydrogens is 548 g/mol. The summed E-state index contributed by atoms with van der Waals surface area (Å²) >= 11 is 0. The molecule has 3 aromatic rings. The Bertz CT molecular complexity index is 1430. The van der Waals surface area contributed by atoms with E-state index in [-0.39, 0.29) is 23.0 Å². The van der Waals surface area contributed by atoms with E-state index in [4.69, 9.17) is 8.37 Å². The number of anilines is 4. The Kier molecular flexibility index (Phi) is 9.37. The largest absolute Gasteiger partial charge is 0.382 e. The number of hydrogen-bond donors (Lipinski definition) is 4. The second-order valence-corrected chi connectivity index (χ2v) is 11.8. The number of amides is 4. The summed E-state index contributed by atoms with van der Waals surface area (Å²) < 4.78 is 56.1. The minimum atomic E-state index is -3.65. The van der Waals surface area contributed by atoms with Gasteiger partial charge in [0.1, 0.15) is 11.5 Å². The first-order valence-corrected chi connectivity index (χ1v) is 14.8. The molecule has 0 saturated heterocycles. The summed E-state index contributed by atoms with van der Waals surface area (Å²) in [6.07, 6.45) is 0. The third kappa shape index (κ3) is 8.90. The molecule has 0 aromatic heterocycles. The van der Waals surface area contributed by atoms with Crippen LogP contribution in [0, 0.1) is 6.92 Å². The minimum absolute atomic E-state index is 0.129. The quantitative estimate of drug-likeness (QED) is 0.251. The first kappa shape index (κ1) is 29.3. The summed E-state index contributed by atoms with van der Waals surface area (Å²) in [5.74, 6) is -0.0747. The Morgan fingerprint density at radius 2 is 0.974 bits per heavy atom. The van der Waals surface area contributed by atoms with Gasteiger partial charge in [-0.05, 0) is 87.0 Å². The fraction of sp³-hybridized carbons (Fsp3) is 0.200. The molecule has 0 aliphatic carbocycles. The van der Waals surface area contributed by atoms with Crippen LogP contribution in [0.4, 0.5) is 32.3 Å². The van der Waals surface area contributed by atoms with Crippen molar-refractivity contribution in [2.24, 2.45) is 0 Å². The molecule has 12 nitrogen and oxygen atoms in total. The van der Waals surface area contributed by atoms with Crippen molar-refractivity contribution in [2.45, 2.75) is 20.8 Å². The molecule has 3 rings (SSSR count). The van der Waals surface area contributed by atoms with Gasteiger partial charge in [-0.25, -0.2) is 9.59 Å². The Morgan fingerprint density at radius 3 is 1.31 bits per heavy atom. The topological polar surface area (TPSA) is 169 Å². The maximum absolute atomic E-state index is 12.5. The maximum Gasteiger partial charge on any atom is 0.323 e. The van der Waals surface area contributed by atoms with Gasteiger partial charge in [0, 0.05) is 22.7 Å². The summed E-state index contributed by atoms with van der Waals surface area (Å²) in [6.45, 7) is 4.65. The Balaban J connectivity index is 1.58. The number of hydrogen-bond acceptors (Lipinski definition) is 8. The Hall–Kier alpha value is -4.30. The van der Waals surface area contributed by atoms with Crippen molar-refractivity contribution in [3.8, 4) is 11.5 Å². The molecule has 0 fully saturated rings. The van der Waals surface area contributed by atoms with Crippen LogP contribution in [0.3, 0.4) is 0 Å². The van der Waals surface area contributed by atoms with Crippen LogP contribution in [0.15, 0.2) is 66.7 Å². The van der Waals surface area contributed by atoms with Crippen molar-refractivity contribution in [1.82, 2.24) is 0 Å². The van der Waals surface area contributed by atoms with Gasteiger partial charge in [0.2, 0.25) is 0 Å². The van der Waals surface area contributed by atoms with Crippen LogP contribution in [0.1, 0.15) is 19.4 Å². The monoisotopic (exact) mass is 576 g/mol. The molecule has 0 heterocycles. The molecule has 4 N–H and O–H groups in total. The van der Waals surface area contributed by atoms with E-state index in [1.807, 2.05) is 0 Å². The number of benzene rings is 3. The Morgan fingerprint density at radius 1 is 0.615 bits per heavy atom. The van der Waals surface area contributed by atoms with Gasteiger partial charge < -0.3 is 29.6 Å². The lowest BCUT2D eigenvalue weighted by Crippen LogP contribution is -2.22. The lowest BCUT2D eigenvalue weighted by Gasteiger charge is -2.15. The van der Waals surface area contributed by atoms with Crippen molar-refractivity contribution < 1.29 is 34.8 Å². The van der Waals surface area contributed by atoms with Gasteiger partial charge in [0.25, 0.3) is 0 Å². The van der Waals surface area contributed by atoms with E-state index in [1.54, 1.807) is 25.1 Å². The van der Waals surface area contributed by atoms with E-state index >= 15 is 0 Å². The third-order valence-corrected chi connectivity index (χ3v) is 7.52. The van der Waals surface area contributed by atoms with Gasteiger partial charge in [-0.3, -0.25) is 0 Å². The third-order valence-electron chi connectivity index (χ3n) is 5.21. The van der Waals surface area contributed by atoms with Crippen LogP contribution >= 0.6 is 0 Å². The normalized spacial score (nSPS) is 11.3. The molecule has 3 aromatic carbocycles. The summed E-state index contributed by atoms with van der Waals surface area (Å²) in [5.41, 5.74) is 2.29. The van der Waals surface area contributed by atoms with Gasteiger partial charge in [0.15, 0.2) is 0 Å². The molecule has 0 aliphatic rings. The molecule has 39 heavy (non-hydrogen) atoms. The van der Waals surface area contributed by atoms with Crippen LogP contribution in [0.5, 0.6) is 11.5 Å². The first-order valence-electron chi connectivity index (χ1n) is 11.7. The van der Waals surface area contributed by atoms with E-state index in [0.717, 1.165) is 0 Å². The Labute approximate surface area is 227 Å². The molecule has 4 amide bonds. The highest BCUT2D eigenvalue weighted by Crippen LogP contribution is 2.25. The van der Waals surface area contributed by atoms with Gasteiger partial charge in [0.05, 0.1) is 11.5 Å². The molecular formula is C25H28N4O8S2. The van der Waals surface area contributed by atoms with Crippen LogP contribution in [0.25, 0.3) is 0 Å². The van der Waals surface area contributed by atoms with E-state index in [9.17, 15) is 26.4 Å². The van der Waals surface area contributed by atoms with Gasteiger partial charge in [-0.15, -0.1) is 0 Å². The molecule has 0 unspecified atom stereocenters. The van der Waals surface area contributed by atoms with Crippen LogP contribution in [-0.2, 0) is 20.2 Å². The number of urea groups is 2. The molecule has 0 atom stereocenters. The summed E-state index contributed by atoms with van der Waals surface area (Å²) in [6, 6.07) is 15.5. The molecule has 0 saturated carbocycles. The fourth-order valence-electron chi connectivity index (χ4n) is 3.07. The highest BCUT2D eigenvalue weighted by Gasteiger charge is 2.13. The van der Waals surface area contributed by atoms with Crippen molar-refractivity contribution in [3.05, 3.63) is 72.3 Å². The lowest BCUT2D eigenvalue weighted by atomic mass is 10.1. The van der Waals surface area contributed by atoms with Gasteiger partial charge in [-0.1, -0.05) is 6.07 Å². The first-order chi connectivity index (χ1) is 18.4. The summed E-state index contributed by atoms with van der Waals surface area (Å²) in [4.78, 5) is 25.0. The van der Waals surface area contributed by atoms with Crippen LogP contribution in [0.2, 0.25) is 0 Å². The number of nitrogens with one attached hydrogen (secondary N) is 4. The van der Waals surface area contributed by atoms with E-state index in [1.165, 1.54) is 62.4 Å². The van der Waals surface area contributed by atoms with E-state index < -0.39 is 32.3 Å². The van der Waals surface area contributed by atoms with Crippen molar-refractivity contribution >= 4 is 55.0 Å². The number of carbonyl (C=O) groups excluding carboxylic acids is 2. The molecule has 14 heteroatoms. The average Bonchev–Trinajstić information content (AvgIpc) is 2.88. The smallest absolute Gasteiger partial charge is 0.323 e. The fourth-order valence-corrected chi connectivity index (χ4v) is 4.12. The number of rotatable bonds is 10. The zero-order valence-corrected chi connectivity index (χ0v) is 23.0. The van der Waals surface area contributed by atoms with Crippen molar-refractivity contribution in [2.75, 3.05) is 32.8 Å². The zero-order valence-electron chi connectivity index (χ0n) is 21.3. The van der Waals surface area contributed by atoms with Crippen LogP contribution < -0.4 is 29.6 Å². The summed E-state index contributed by atoms with van der Waals surface area (Å²) in [7, 11) is -7.31. The SMILES string of the molecule is CCS(=O)(=O)Oc1ccc(NC(=O)Nc2cccc(NC(=O)Nc3ccc(OS(=O)(=O)CC)cc3)c2C)cc1. The van der Waals surface area contributed by atoms with E-state index in [0.29, 0.717) is 28.3 Å². The van der Waals surface area contributed by atoms with Crippen LogP contribution in [-0.4, -0.2) is 40.4 Å². The predicted octanol–water partition coefficient (Wildman–Crippen LogP) is 4.74. The van der Waals surface area contributed by atoms with Crippen molar-refractivity contribution in [1.29, 1.82) is 0 Å². The second-order valence-electron chi connectivity index (χ2n) is 8.04. The molecule has 0 radical (unpaired) electrons. The highest BCUT2D eigenvalue weighted by atomic mass is 32.2. The van der Waals surface area contributed by atoms with Gasteiger partial charge >= 0.3 is 32.3 Å². The molecule has 208 valence electrons.